The summed E-state index contributed by atoms with van der Waals surface area (Å²) in [4.78, 5) is 16.0. The van der Waals surface area contributed by atoms with Crippen molar-refractivity contribution >= 4 is 38.3 Å². The Kier molecular flexibility index (Phi) is 7.57. The molecule has 0 aliphatic heterocycles. The van der Waals surface area contributed by atoms with Gasteiger partial charge >= 0.3 is 6.09 Å². The van der Waals surface area contributed by atoms with E-state index >= 15 is 0 Å². The molecule has 0 radical (unpaired) electrons. The molecule has 0 spiro atoms. The molecule has 0 unspecified atom stereocenters. The second-order valence-electron chi connectivity index (χ2n) is 8.58. The average molecular weight is 504 g/mol. The van der Waals surface area contributed by atoms with Gasteiger partial charge in [0.05, 0.1) is 4.90 Å². The zero-order valence-electron chi connectivity index (χ0n) is 20.5. The minimum absolute atomic E-state index is 0.238. The summed E-state index contributed by atoms with van der Waals surface area (Å²) in [5, 5.41) is 1.57. The highest BCUT2D eigenvalue weighted by atomic mass is 32.2. The smallest absolute Gasteiger partial charge is 0.410 e. The third kappa shape index (κ3) is 5.67. The van der Waals surface area contributed by atoms with Gasteiger partial charge < -0.3 is 9.64 Å². The molecule has 0 aliphatic carbocycles. The van der Waals surface area contributed by atoms with Gasteiger partial charge in [0.1, 0.15) is 5.75 Å². The fraction of sp³-hybridized carbons (Fsp3) is 0.179. The van der Waals surface area contributed by atoms with Gasteiger partial charge in [-0.3, -0.25) is 4.90 Å². The van der Waals surface area contributed by atoms with Gasteiger partial charge in [-0.15, -0.1) is 0 Å². The third-order valence-electron chi connectivity index (χ3n) is 5.88. The van der Waals surface area contributed by atoms with Gasteiger partial charge in [0, 0.05) is 49.8 Å². The van der Waals surface area contributed by atoms with Crippen molar-refractivity contribution < 1.29 is 17.9 Å². The predicted molar refractivity (Wildman–Crippen MR) is 144 cm³/mol. The molecule has 0 saturated heterocycles. The van der Waals surface area contributed by atoms with Crippen LogP contribution in [0.4, 0.5) is 16.2 Å². The van der Waals surface area contributed by atoms with E-state index in [0.717, 1.165) is 22.3 Å². The number of rotatable bonds is 8. The molecule has 1 N–H and O–H groups in total. The van der Waals surface area contributed by atoms with Gasteiger partial charge in [0.25, 0.3) is 0 Å². The molecular formula is C28H29N3O4S. The molecule has 4 aromatic rings. The molecule has 4 rings (SSSR count). The lowest BCUT2D eigenvalue weighted by Gasteiger charge is -2.17. The van der Waals surface area contributed by atoms with Crippen molar-refractivity contribution in [2.45, 2.75) is 11.3 Å². The first-order chi connectivity index (χ1) is 17.3. The number of benzene rings is 4. The van der Waals surface area contributed by atoms with E-state index in [1.54, 1.807) is 31.3 Å². The fourth-order valence-electron chi connectivity index (χ4n) is 3.95. The molecular weight excluding hydrogens is 474 g/mol. The number of hydrogen-bond donors (Lipinski definition) is 1. The fourth-order valence-corrected chi connectivity index (χ4v) is 5.20. The van der Waals surface area contributed by atoms with Crippen LogP contribution in [-0.2, 0) is 16.4 Å². The molecule has 0 aliphatic rings. The van der Waals surface area contributed by atoms with Crippen LogP contribution in [-0.4, -0.2) is 42.2 Å². The number of nitrogens with one attached hydrogen (secondary N) is 1. The van der Waals surface area contributed by atoms with Crippen LogP contribution in [0.5, 0.6) is 5.75 Å². The minimum atomic E-state index is -3.70. The lowest BCUT2D eigenvalue weighted by Crippen LogP contribution is -2.29. The Hall–Kier alpha value is -3.88. The second-order valence-corrected chi connectivity index (χ2v) is 10.3. The largest absolute Gasteiger partial charge is 0.419 e. The molecule has 0 heterocycles. The number of hydrogen-bond acceptors (Lipinski definition) is 5. The van der Waals surface area contributed by atoms with Crippen molar-refractivity contribution in [1.29, 1.82) is 0 Å². The number of carbonyl (C=O) groups is 1. The number of anilines is 2. The Morgan fingerprint density at radius 2 is 1.47 bits per heavy atom. The number of amides is 1. The van der Waals surface area contributed by atoms with E-state index in [1.807, 2.05) is 85.7 Å². The van der Waals surface area contributed by atoms with Gasteiger partial charge in [0.2, 0.25) is 10.0 Å². The summed E-state index contributed by atoms with van der Waals surface area (Å²) in [6, 6.07) is 27.2. The van der Waals surface area contributed by atoms with E-state index in [9.17, 15) is 13.2 Å². The highest BCUT2D eigenvalue weighted by Gasteiger charge is 2.18. The predicted octanol–water partition coefficient (Wildman–Crippen LogP) is 5.06. The number of ether oxygens (including phenoxy) is 1. The second kappa shape index (κ2) is 10.8. The Labute approximate surface area is 212 Å². The molecule has 0 bridgehead atoms. The third-order valence-corrected chi connectivity index (χ3v) is 7.40. The highest BCUT2D eigenvalue weighted by molar-refractivity contribution is 7.89. The van der Waals surface area contributed by atoms with Crippen molar-refractivity contribution in [3.63, 3.8) is 0 Å². The molecule has 0 fully saturated rings. The van der Waals surface area contributed by atoms with E-state index < -0.39 is 16.1 Å². The first-order valence-corrected chi connectivity index (χ1v) is 13.0. The van der Waals surface area contributed by atoms with Gasteiger partial charge in [-0.2, -0.15) is 0 Å². The number of para-hydroxylation sites is 1. The van der Waals surface area contributed by atoms with Crippen LogP contribution in [0, 0.1) is 0 Å². The first-order valence-electron chi connectivity index (χ1n) is 11.5. The Balaban J connectivity index is 1.38. The quantitative estimate of drug-likeness (QED) is 0.364. The Bertz CT molecular complexity index is 1450. The maximum atomic E-state index is 13.1. The molecule has 7 nitrogen and oxygen atoms in total. The van der Waals surface area contributed by atoms with Crippen LogP contribution in [0.25, 0.3) is 10.8 Å². The summed E-state index contributed by atoms with van der Waals surface area (Å²) < 4.78 is 34.3. The number of nitrogens with zero attached hydrogens (tertiary/aromatic N) is 2. The van der Waals surface area contributed by atoms with Crippen LogP contribution in [0.2, 0.25) is 0 Å². The van der Waals surface area contributed by atoms with Crippen molar-refractivity contribution in [2.75, 3.05) is 37.5 Å². The SMILES string of the molecule is CN(C)c1cccc2c(S(=O)(=O)NCCc3ccc(OC(=O)N(C)c4ccccc4)cc3)cccc12. The average Bonchev–Trinajstić information content (AvgIpc) is 2.88. The Morgan fingerprint density at radius 1 is 0.806 bits per heavy atom. The maximum absolute atomic E-state index is 13.1. The van der Waals surface area contributed by atoms with E-state index in [1.165, 1.54) is 4.90 Å². The summed E-state index contributed by atoms with van der Waals surface area (Å²) in [6.45, 7) is 0.238. The summed E-state index contributed by atoms with van der Waals surface area (Å²) in [7, 11) is 1.81. The van der Waals surface area contributed by atoms with Crippen molar-refractivity contribution in [1.82, 2.24) is 4.72 Å². The van der Waals surface area contributed by atoms with Crippen molar-refractivity contribution in [3.8, 4) is 5.75 Å². The van der Waals surface area contributed by atoms with Gasteiger partial charge in [-0.1, -0.05) is 54.6 Å². The maximum Gasteiger partial charge on any atom is 0.419 e. The van der Waals surface area contributed by atoms with Crippen LogP contribution >= 0.6 is 0 Å². The lowest BCUT2D eigenvalue weighted by molar-refractivity contribution is 0.209. The zero-order chi connectivity index (χ0) is 25.7. The van der Waals surface area contributed by atoms with Gasteiger partial charge in [-0.25, -0.2) is 17.9 Å². The molecule has 0 atom stereocenters. The summed E-state index contributed by atoms with van der Waals surface area (Å²) >= 11 is 0. The van der Waals surface area contributed by atoms with Crippen LogP contribution in [0.1, 0.15) is 5.56 Å². The molecule has 8 heteroatoms. The molecule has 36 heavy (non-hydrogen) atoms. The topological polar surface area (TPSA) is 79.0 Å². The zero-order valence-corrected chi connectivity index (χ0v) is 21.3. The van der Waals surface area contributed by atoms with E-state index in [0.29, 0.717) is 17.6 Å². The number of sulfonamides is 1. The summed E-state index contributed by atoms with van der Waals surface area (Å²) in [5.74, 6) is 0.416. The van der Waals surface area contributed by atoms with E-state index in [4.69, 9.17) is 4.74 Å². The van der Waals surface area contributed by atoms with Crippen molar-refractivity contribution in [3.05, 3.63) is 96.6 Å². The normalized spacial score (nSPS) is 11.3. The van der Waals surface area contributed by atoms with E-state index in [-0.39, 0.29) is 11.4 Å². The van der Waals surface area contributed by atoms with Gasteiger partial charge in [0.15, 0.2) is 0 Å². The van der Waals surface area contributed by atoms with Crippen LogP contribution in [0.3, 0.4) is 0 Å². The first kappa shape index (κ1) is 25.2. The summed E-state index contributed by atoms with van der Waals surface area (Å²) in [6.07, 6.45) is -0.000302. The number of carbonyl (C=O) groups excluding carboxylic acids is 1. The highest BCUT2D eigenvalue weighted by Crippen LogP contribution is 2.30. The molecule has 4 aromatic carbocycles. The molecule has 0 saturated carbocycles. The van der Waals surface area contributed by atoms with Crippen LogP contribution < -0.4 is 19.3 Å². The molecule has 186 valence electrons. The Morgan fingerprint density at radius 3 is 2.17 bits per heavy atom. The standard InChI is InChI=1S/C28H29N3O4S/c1-30(2)26-13-7-12-25-24(26)11-8-14-27(25)36(33,34)29-20-19-21-15-17-23(18-16-21)35-28(32)31(3)22-9-5-4-6-10-22/h4-18,29H,19-20H2,1-3H3. The molecule has 1 amide bonds. The molecule has 0 aromatic heterocycles. The minimum Gasteiger partial charge on any atom is -0.410 e. The van der Waals surface area contributed by atoms with Gasteiger partial charge in [-0.05, 0) is 48.4 Å². The number of fused-ring (bicyclic) bond motifs is 1. The van der Waals surface area contributed by atoms with Crippen molar-refractivity contribution in [2.24, 2.45) is 0 Å². The van der Waals surface area contributed by atoms with Crippen LogP contribution in [0.15, 0.2) is 95.9 Å². The van der Waals surface area contributed by atoms with E-state index in [2.05, 4.69) is 4.72 Å². The summed E-state index contributed by atoms with van der Waals surface area (Å²) in [5.41, 5.74) is 2.61. The lowest BCUT2D eigenvalue weighted by atomic mass is 10.1. The monoisotopic (exact) mass is 503 g/mol.